The number of nitrogens with zero attached hydrogens (tertiary/aromatic N) is 2. The molecule has 1 aromatic carbocycles. The third-order valence-electron chi connectivity index (χ3n) is 6.85. The Bertz CT molecular complexity index is 845. The van der Waals surface area contributed by atoms with Crippen molar-refractivity contribution in [2.75, 3.05) is 30.3 Å². The third kappa shape index (κ3) is 6.01. The minimum absolute atomic E-state index is 0.125. The molecule has 2 heterocycles. The Labute approximate surface area is 187 Å². The largest absolute Gasteiger partial charge is 0.372 e. The van der Waals surface area contributed by atoms with E-state index in [1.807, 2.05) is 17.0 Å². The van der Waals surface area contributed by atoms with E-state index in [-0.39, 0.29) is 35.0 Å². The zero-order valence-electron chi connectivity index (χ0n) is 19.6. The molecule has 0 aromatic heterocycles. The lowest BCUT2D eigenvalue weighted by molar-refractivity contribution is -0.131. The Morgan fingerprint density at radius 2 is 1.71 bits per heavy atom. The van der Waals surface area contributed by atoms with E-state index in [0.717, 1.165) is 30.6 Å². The van der Waals surface area contributed by atoms with E-state index in [2.05, 4.69) is 37.8 Å². The summed E-state index contributed by atoms with van der Waals surface area (Å²) in [5, 5.41) is -0.331. The minimum atomic E-state index is -3.02. The van der Waals surface area contributed by atoms with Crippen molar-refractivity contribution in [3.05, 3.63) is 29.8 Å². The number of sulfone groups is 1. The van der Waals surface area contributed by atoms with Crippen LogP contribution in [0.4, 0.5) is 5.69 Å². The van der Waals surface area contributed by atoms with Crippen LogP contribution in [0.25, 0.3) is 0 Å². The van der Waals surface area contributed by atoms with E-state index in [1.54, 1.807) is 13.8 Å². The molecule has 0 bridgehead atoms. The standard InChI is InChI=1S/C24H38N2O4S/c1-17(2)31(28,29)16-22-10-12-25(13-11-22)24(27)14-21-6-8-23(9-7-21)26-15-18(3)30-20(5)19(26)4/h6-9,17-20,22H,10-16H2,1-5H3/t18-,19?,20+/m0/s1. The van der Waals surface area contributed by atoms with Gasteiger partial charge in [-0.3, -0.25) is 4.79 Å². The summed E-state index contributed by atoms with van der Waals surface area (Å²) in [4.78, 5) is 17.0. The lowest BCUT2D eigenvalue weighted by atomic mass is 9.98. The topological polar surface area (TPSA) is 66.9 Å². The summed E-state index contributed by atoms with van der Waals surface area (Å²) in [7, 11) is -3.02. The summed E-state index contributed by atoms with van der Waals surface area (Å²) < 4.78 is 30.2. The van der Waals surface area contributed by atoms with Gasteiger partial charge in [-0.1, -0.05) is 12.1 Å². The van der Waals surface area contributed by atoms with E-state index < -0.39 is 9.84 Å². The highest BCUT2D eigenvalue weighted by molar-refractivity contribution is 7.91. The molecule has 0 spiro atoms. The van der Waals surface area contributed by atoms with Gasteiger partial charge in [0.25, 0.3) is 0 Å². The Hall–Kier alpha value is -1.60. The number of hydrogen-bond acceptors (Lipinski definition) is 5. The van der Waals surface area contributed by atoms with Gasteiger partial charge in [-0.2, -0.15) is 0 Å². The Morgan fingerprint density at radius 3 is 2.29 bits per heavy atom. The molecule has 1 aromatic rings. The van der Waals surface area contributed by atoms with Crippen molar-refractivity contribution in [1.29, 1.82) is 0 Å². The van der Waals surface area contributed by atoms with Crippen LogP contribution in [0.5, 0.6) is 0 Å². The molecule has 174 valence electrons. The van der Waals surface area contributed by atoms with E-state index in [9.17, 15) is 13.2 Å². The van der Waals surface area contributed by atoms with Crippen molar-refractivity contribution in [3.63, 3.8) is 0 Å². The molecule has 31 heavy (non-hydrogen) atoms. The molecule has 0 saturated carbocycles. The number of morpholine rings is 1. The maximum Gasteiger partial charge on any atom is 0.226 e. The number of hydrogen-bond donors (Lipinski definition) is 0. The monoisotopic (exact) mass is 450 g/mol. The number of amides is 1. The molecule has 3 atom stereocenters. The lowest BCUT2D eigenvalue weighted by Gasteiger charge is -2.42. The zero-order chi connectivity index (χ0) is 22.8. The summed E-state index contributed by atoms with van der Waals surface area (Å²) in [6, 6.07) is 8.61. The van der Waals surface area contributed by atoms with Crippen LogP contribution in [0.1, 0.15) is 53.0 Å². The van der Waals surface area contributed by atoms with Gasteiger partial charge in [0.15, 0.2) is 9.84 Å². The molecule has 7 heteroatoms. The highest BCUT2D eigenvalue weighted by Crippen LogP contribution is 2.26. The average molecular weight is 451 g/mol. The SMILES string of the molecule is CC1[C@@H](C)O[C@@H](C)CN1c1ccc(CC(=O)N2CCC(CS(=O)(=O)C(C)C)CC2)cc1. The first-order chi connectivity index (χ1) is 14.6. The molecule has 6 nitrogen and oxygen atoms in total. The molecule has 2 aliphatic heterocycles. The van der Waals surface area contributed by atoms with Gasteiger partial charge in [0.1, 0.15) is 0 Å². The van der Waals surface area contributed by atoms with E-state index in [0.29, 0.717) is 25.6 Å². The summed E-state index contributed by atoms with van der Waals surface area (Å²) in [6.07, 6.45) is 2.30. The van der Waals surface area contributed by atoms with E-state index in [1.165, 1.54) is 0 Å². The van der Waals surface area contributed by atoms with Gasteiger partial charge in [-0.15, -0.1) is 0 Å². The number of ether oxygens (including phenoxy) is 1. The van der Waals surface area contributed by atoms with Crippen molar-refractivity contribution in [3.8, 4) is 0 Å². The van der Waals surface area contributed by atoms with E-state index in [4.69, 9.17) is 4.74 Å². The van der Waals surface area contributed by atoms with Crippen molar-refractivity contribution in [2.24, 2.45) is 5.92 Å². The number of piperidine rings is 1. The quantitative estimate of drug-likeness (QED) is 0.665. The number of rotatable bonds is 6. The van der Waals surface area contributed by atoms with Crippen LogP contribution in [-0.2, 0) is 25.8 Å². The average Bonchev–Trinajstić information content (AvgIpc) is 2.71. The van der Waals surface area contributed by atoms with Crippen LogP contribution in [-0.4, -0.2) is 68.1 Å². The minimum Gasteiger partial charge on any atom is -0.372 e. The Balaban J connectivity index is 1.52. The van der Waals surface area contributed by atoms with Crippen LogP contribution in [0.2, 0.25) is 0 Å². The molecule has 1 unspecified atom stereocenters. The van der Waals surface area contributed by atoms with Crippen LogP contribution in [0.3, 0.4) is 0 Å². The Kier molecular flexibility index (Phi) is 7.68. The molecule has 1 amide bonds. The molecule has 0 N–H and O–H groups in total. The maximum atomic E-state index is 12.8. The fourth-order valence-electron chi connectivity index (χ4n) is 4.52. The zero-order valence-corrected chi connectivity index (χ0v) is 20.4. The highest BCUT2D eigenvalue weighted by atomic mass is 32.2. The maximum absolute atomic E-state index is 12.8. The fourth-order valence-corrected chi connectivity index (χ4v) is 5.90. The molecular formula is C24H38N2O4S. The van der Waals surface area contributed by atoms with Gasteiger partial charge >= 0.3 is 0 Å². The molecule has 0 aliphatic carbocycles. The van der Waals surface area contributed by atoms with Crippen LogP contribution >= 0.6 is 0 Å². The number of likely N-dealkylation sites (tertiary alicyclic amines) is 1. The van der Waals surface area contributed by atoms with Crippen molar-refractivity contribution < 1.29 is 17.9 Å². The second-order valence-corrected chi connectivity index (χ2v) is 12.2. The van der Waals surface area contributed by atoms with Crippen LogP contribution < -0.4 is 4.90 Å². The van der Waals surface area contributed by atoms with Gasteiger partial charge in [-0.05, 0) is 71.1 Å². The summed E-state index contributed by atoms with van der Waals surface area (Å²) in [6.45, 7) is 12.0. The first kappa shape index (κ1) is 24.1. The summed E-state index contributed by atoms with van der Waals surface area (Å²) in [5.41, 5.74) is 2.18. The van der Waals surface area contributed by atoms with Gasteiger partial charge < -0.3 is 14.5 Å². The lowest BCUT2D eigenvalue weighted by Crippen LogP contribution is -2.52. The smallest absolute Gasteiger partial charge is 0.226 e. The molecule has 2 aliphatic rings. The van der Waals surface area contributed by atoms with Gasteiger partial charge in [-0.25, -0.2) is 8.42 Å². The second kappa shape index (κ2) is 9.90. The number of carbonyl (C=O) groups excluding carboxylic acids is 1. The van der Waals surface area contributed by atoms with E-state index >= 15 is 0 Å². The van der Waals surface area contributed by atoms with Crippen LogP contribution in [0.15, 0.2) is 24.3 Å². The molecular weight excluding hydrogens is 412 g/mol. The van der Waals surface area contributed by atoms with Gasteiger partial charge in [0.2, 0.25) is 5.91 Å². The second-order valence-electron chi connectivity index (χ2n) is 9.59. The fraction of sp³-hybridized carbons (Fsp3) is 0.708. The normalized spacial score (nSPS) is 25.8. The summed E-state index contributed by atoms with van der Waals surface area (Å²) >= 11 is 0. The Morgan fingerprint density at radius 1 is 1.10 bits per heavy atom. The number of benzene rings is 1. The van der Waals surface area contributed by atoms with Gasteiger partial charge in [0, 0.05) is 25.3 Å². The number of carbonyl (C=O) groups is 1. The predicted octanol–water partition coefficient (Wildman–Crippen LogP) is 3.29. The van der Waals surface area contributed by atoms with Crippen molar-refractivity contribution in [1.82, 2.24) is 4.90 Å². The first-order valence-corrected chi connectivity index (χ1v) is 13.3. The number of anilines is 1. The van der Waals surface area contributed by atoms with Crippen molar-refractivity contribution >= 4 is 21.4 Å². The highest BCUT2D eigenvalue weighted by Gasteiger charge is 2.30. The third-order valence-corrected chi connectivity index (χ3v) is 9.22. The summed E-state index contributed by atoms with van der Waals surface area (Å²) in [5.74, 6) is 0.529. The molecule has 2 saturated heterocycles. The molecule has 0 radical (unpaired) electrons. The predicted molar refractivity (Wildman–Crippen MR) is 125 cm³/mol. The van der Waals surface area contributed by atoms with Crippen molar-refractivity contribution in [2.45, 2.75) is 77.4 Å². The molecule has 2 fully saturated rings. The molecule has 3 rings (SSSR count). The van der Waals surface area contributed by atoms with Gasteiger partial charge in [0.05, 0.1) is 35.7 Å². The van der Waals surface area contributed by atoms with Crippen LogP contribution in [0, 0.1) is 5.92 Å². The first-order valence-electron chi connectivity index (χ1n) is 11.6.